The first kappa shape index (κ1) is 14.1. The van der Waals surface area contributed by atoms with E-state index in [2.05, 4.69) is 97.1 Å². The molecule has 0 saturated heterocycles. The van der Waals surface area contributed by atoms with Gasteiger partial charge in [0.05, 0.1) is 0 Å². The molecule has 0 heteroatoms. The molecular weight excluding hydrogens is 264 g/mol. The van der Waals surface area contributed by atoms with Crippen molar-refractivity contribution in [3.05, 3.63) is 107 Å². The van der Waals surface area contributed by atoms with E-state index in [1.54, 1.807) is 0 Å². The molecule has 0 saturated carbocycles. The molecule has 0 unspecified atom stereocenters. The van der Waals surface area contributed by atoms with Gasteiger partial charge in [-0.25, -0.2) is 0 Å². The van der Waals surface area contributed by atoms with E-state index in [1.807, 2.05) is 12.1 Å². The average Bonchev–Trinajstić information content (AvgIpc) is 2.61. The highest BCUT2D eigenvalue weighted by atomic mass is 14.0. The third kappa shape index (κ3) is 3.83. The quantitative estimate of drug-likeness (QED) is 0.513. The topological polar surface area (TPSA) is 0 Å². The van der Waals surface area contributed by atoms with Crippen LogP contribution in [0.3, 0.4) is 0 Å². The van der Waals surface area contributed by atoms with Crippen molar-refractivity contribution in [1.29, 1.82) is 0 Å². The lowest BCUT2D eigenvalue weighted by Crippen LogP contribution is -1.80. The Balaban J connectivity index is 1.84. The summed E-state index contributed by atoms with van der Waals surface area (Å²) < 4.78 is 0. The highest BCUT2D eigenvalue weighted by Gasteiger charge is 1.94. The minimum Gasteiger partial charge on any atom is -0.0622 e. The van der Waals surface area contributed by atoms with Gasteiger partial charge in [-0.15, -0.1) is 0 Å². The van der Waals surface area contributed by atoms with Crippen LogP contribution in [0.1, 0.15) is 22.3 Å². The summed E-state index contributed by atoms with van der Waals surface area (Å²) in [6, 6.07) is 29.2. The van der Waals surface area contributed by atoms with Crippen molar-refractivity contribution in [1.82, 2.24) is 0 Å². The summed E-state index contributed by atoms with van der Waals surface area (Å²) >= 11 is 0. The maximum atomic E-state index is 2.17. The van der Waals surface area contributed by atoms with Gasteiger partial charge in [0.1, 0.15) is 0 Å². The van der Waals surface area contributed by atoms with Gasteiger partial charge < -0.3 is 0 Å². The molecule has 0 aromatic heterocycles. The standard InChI is InChI=1S/C22H18/c1-3-9-19(10-4-1)15-17-21-13-7-8-14-22(21)18-16-20-11-5-2-6-12-20/h1-18H/b17-15+,18-16+. The zero-order valence-corrected chi connectivity index (χ0v) is 12.4. The van der Waals surface area contributed by atoms with Crippen molar-refractivity contribution in [3.63, 3.8) is 0 Å². The summed E-state index contributed by atoms with van der Waals surface area (Å²) in [6.45, 7) is 0. The predicted octanol–water partition coefficient (Wildman–Crippen LogP) is 6.03. The lowest BCUT2D eigenvalue weighted by molar-refractivity contribution is 1.61. The Kier molecular flexibility index (Phi) is 4.63. The second-order valence-electron chi connectivity index (χ2n) is 5.12. The molecule has 0 radical (unpaired) electrons. The van der Waals surface area contributed by atoms with Crippen molar-refractivity contribution in [2.45, 2.75) is 0 Å². The van der Waals surface area contributed by atoms with Crippen molar-refractivity contribution in [2.24, 2.45) is 0 Å². The van der Waals surface area contributed by atoms with Crippen molar-refractivity contribution >= 4 is 24.3 Å². The largest absolute Gasteiger partial charge is 0.0622 e. The molecule has 3 rings (SSSR count). The first-order valence-electron chi connectivity index (χ1n) is 7.47. The van der Waals surface area contributed by atoms with E-state index >= 15 is 0 Å². The Morgan fingerprint density at radius 1 is 0.364 bits per heavy atom. The molecule has 0 heterocycles. The number of rotatable bonds is 4. The van der Waals surface area contributed by atoms with Crippen molar-refractivity contribution < 1.29 is 0 Å². The maximum absolute atomic E-state index is 2.17. The third-order valence-electron chi connectivity index (χ3n) is 3.51. The minimum atomic E-state index is 1.21. The monoisotopic (exact) mass is 282 g/mol. The molecule has 3 aromatic rings. The van der Waals surface area contributed by atoms with E-state index < -0.39 is 0 Å². The van der Waals surface area contributed by atoms with Gasteiger partial charge in [0, 0.05) is 0 Å². The Hall–Kier alpha value is -2.86. The summed E-state index contributed by atoms with van der Waals surface area (Å²) in [4.78, 5) is 0. The Labute approximate surface area is 132 Å². The smallest absolute Gasteiger partial charge is 0.0184 e. The van der Waals surface area contributed by atoms with E-state index in [9.17, 15) is 0 Å². The van der Waals surface area contributed by atoms with E-state index in [0.29, 0.717) is 0 Å². The van der Waals surface area contributed by atoms with Gasteiger partial charge in [-0.3, -0.25) is 0 Å². The minimum absolute atomic E-state index is 1.21. The van der Waals surface area contributed by atoms with Gasteiger partial charge in [0.2, 0.25) is 0 Å². The SMILES string of the molecule is C(=C\c1ccccc1/C=C/c1ccccc1)/c1ccccc1. The Morgan fingerprint density at radius 3 is 1.14 bits per heavy atom. The molecule has 22 heavy (non-hydrogen) atoms. The van der Waals surface area contributed by atoms with Crippen LogP contribution in [-0.4, -0.2) is 0 Å². The van der Waals surface area contributed by atoms with Crippen LogP contribution in [0.15, 0.2) is 84.9 Å². The highest BCUT2D eigenvalue weighted by Crippen LogP contribution is 2.16. The fourth-order valence-electron chi connectivity index (χ4n) is 2.31. The Bertz CT molecular complexity index is 697. The zero-order valence-electron chi connectivity index (χ0n) is 12.4. The van der Waals surface area contributed by atoms with Gasteiger partial charge in [-0.2, -0.15) is 0 Å². The zero-order chi connectivity index (χ0) is 15.0. The molecule has 0 aliphatic carbocycles. The maximum Gasteiger partial charge on any atom is -0.0184 e. The summed E-state index contributed by atoms with van der Waals surface area (Å²) in [5.74, 6) is 0. The van der Waals surface area contributed by atoms with Crippen LogP contribution in [0.5, 0.6) is 0 Å². The lowest BCUT2D eigenvalue weighted by Gasteiger charge is -2.01. The first-order chi connectivity index (χ1) is 10.9. The second kappa shape index (κ2) is 7.24. The lowest BCUT2D eigenvalue weighted by atomic mass is 10.0. The molecule has 0 fully saturated rings. The molecule has 0 bridgehead atoms. The molecule has 0 nitrogen and oxygen atoms in total. The molecule has 0 spiro atoms. The molecule has 3 aromatic carbocycles. The summed E-state index contributed by atoms with van der Waals surface area (Å²) in [6.07, 6.45) is 8.63. The molecule has 106 valence electrons. The van der Waals surface area contributed by atoms with Gasteiger partial charge in [-0.05, 0) is 22.3 Å². The number of hydrogen-bond donors (Lipinski definition) is 0. The second-order valence-corrected chi connectivity index (χ2v) is 5.12. The van der Waals surface area contributed by atoms with Crippen molar-refractivity contribution in [3.8, 4) is 0 Å². The van der Waals surface area contributed by atoms with Crippen LogP contribution >= 0.6 is 0 Å². The highest BCUT2D eigenvalue weighted by molar-refractivity contribution is 5.79. The van der Waals surface area contributed by atoms with Gasteiger partial charge in [-0.1, -0.05) is 109 Å². The van der Waals surface area contributed by atoms with Crippen LogP contribution in [0.2, 0.25) is 0 Å². The molecule has 0 amide bonds. The first-order valence-corrected chi connectivity index (χ1v) is 7.47. The Morgan fingerprint density at radius 2 is 0.727 bits per heavy atom. The molecule has 0 atom stereocenters. The van der Waals surface area contributed by atoms with Crippen molar-refractivity contribution in [2.75, 3.05) is 0 Å². The van der Waals surface area contributed by atoms with Gasteiger partial charge in [0.15, 0.2) is 0 Å². The van der Waals surface area contributed by atoms with E-state index in [0.717, 1.165) is 0 Å². The van der Waals surface area contributed by atoms with Crippen LogP contribution in [-0.2, 0) is 0 Å². The number of benzene rings is 3. The average molecular weight is 282 g/mol. The molecule has 0 aliphatic rings. The third-order valence-corrected chi connectivity index (χ3v) is 3.51. The molecule has 0 aliphatic heterocycles. The van der Waals surface area contributed by atoms with Gasteiger partial charge >= 0.3 is 0 Å². The van der Waals surface area contributed by atoms with Gasteiger partial charge in [0.25, 0.3) is 0 Å². The van der Waals surface area contributed by atoms with Crippen LogP contribution in [0.25, 0.3) is 24.3 Å². The molecule has 0 N–H and O–H groups in total. The van der Waals surface area contributed by atoms with E-state index in [-0.39, 0.29) is 0 Å². The van der Waals surface area contributed by atoms with Crippen LogP contribution < -0.4 is 0 Å². The normalized spacial score (nSPS) is 11.3. The van der Waals surface area contributed by atoms with E-state index in [4.69, 9.17) is 0 Å². The van der Waals surface area contributed by atoms with E-state index in [1.165, 1.54) is 22.3 Å². The van der Waals surface area contributed by atoms with Crippen LogP contribution in [0, 0.1) is 0 Å². The summed E-state index contributed by atoms with van der Waals surface area (Å²) in [5.41, 5.74) is 4.87. The molecular formula is C22H18. The predicted molar refractivity (Wildman–Crippen MR) is 97.2 cm³/mol. The summed E-state index contributed by atoms with van der Waals surface area (Å²) in [5, 5.41) is 0. The van der Waals surface area contributed by atoms with Crippen LogP contribution in [0.4, 0.5) is 0 Å². The number of hydrogen-bond acceptors (Lipinski definition) is 0. The fourth-order valence-corrected chi connectivity index (χ4v) is 2.31. The fraction of sp³-hybridized carbons (Fsp3) is 0. The summed E-state index contributed by atoms with van der Waals surface area (Å²) in [7, 11) is 0.